The van der Waals surface area contributed by atoms with Gasteiger partial charge in [-0.1, -0.05) is 53.9 Å². The van der Waals surface area contributed by atoms with Crippen molar-refractivity contribution in [3.05, 3.63) is 48.5 Å². The van der Waals surface area contributed by atoms with Gasteiger partial charge >= 0.3 is 5.97 Å². The van der Waals surface area contributed by atoms with Crippen LogP contribution in [-0.2, 0) is 6.42 Å². The number of carbonyl (C=O) groups is 1. The lowest BCUT2D eigenvalue weighted by Crippen LogP contribution is -2.13. The molecule has 0 unspecified atom stereocenters. The van der Waals surface area contributed by atoms with E-state index in [-0.39, 0.29) is 5.56 Å². The Morgan fingerprint density at radius 3 is 1.56 bits per heavy atom. The van der Waals surface area contributed by atoms with Crippen LogP contribution >= 0.6 is 0 Å². The number of azide groups is 3. The van der Waals surface area contributed by atoms with E-state index in [0.29, 0.717) is 81.7 Å². The van der Waals surface area contributed by atoms with Gasteiger partial charge in [-0.3, -0.25) is 0 Å². The second-order valence-electron chi connectivity index (χ2n) is 9.91. The largest absolute Gasteiger partial charge is 0.490 e. The third kappa shape index (κ3) is 16.9. The van der Waals surface area contributed by atoms with Gasteiger partial charge in [0.1, 0.15) is 0 Å². The summed E-state index contributed by atoms with van der Waals surface area (Å²) in [6.45, 7) is 2.89. The highest BCUT2D eigenvalue weighted by atomic mass is 16.5. The normalized spacial score (nSPS) is 10.3. The summed E-state index contributed by atoms with van der Waals surface area (Å²) in [6.07, 6.45) is 10.9. The van der Waals surface area contributed by atoms with E-state index >= 15 is 0 Å². The van der Waals surface area contributed by atoms with Crippen LogP contribution < -0.4 is 19.9 Å². The van der Waals surface area contributed by atoms with E-state index < -0.39 is 5.97 Å². The maximum absolute atomic E-state index is 12.3. The number of benzene rings is 1. The molecule has 0 bridgehead atoms. The Hall–Kier alpha value is -4.02. The zero-order chi connectivity index (χ0) is 31.4. The molecule has 0 aliphatic carbocycles. The van der Waals surface area contributed by atoms with Gasteiger partial charge in [-0.2, -0.15) is 0 Å². The lowest BCUT2D eigenvalue weighted by molar-refractivity contribution is 0.0694. The minimum atomic E-state index is -1.08. The van der Waals surface area contributed by atoms with Gasteiger partial charge in [0.05, 0.1) is 25.4 Å². The van der Waals surface area contributed by atoms with Crippen molar-refractivity contribution < 1.29 is 24.1 Å². The number of nitrogens with zero attached hydrogens (tertiary/aromatic N) is 9. The molecule has 15 nitrogen and oxygen atoms in total. The number of ether oxygens (including phenoxy) is 3. The Bertz CT molecular complexity index is 1080. The first-order chi connectivity index (χ1) is 21.1. The van der Waals surface area contributed by atoms with Crippen molar-refractivity contribution in [1.29, 1.82) is 0 Å². The van der Waals surface area contributed by atoms with Gasteiger partial charge in [0.25, 0.3) is 0 Å². The number of aromatic carboxylic acids is 1. The van der Waals surface area contributed by atoms with Crippen molar-refractivity contribution in [2.45, 2.75) is 89.9 Å². The lowest BCUT2D eigenvalue weighted by Gasteiger charge is -2.22. The first-order valence-corrected chi connectivity index (χ1v) is 15.1. The molecule has 15 heteroatoms. The molecule has 1 rings (SSSR count). The van der Waals surface area contributed by atoms with Gasteiger partial charge in [-0.05, 0) is 80.6 Å². The van der Waals surface area contributed by atoms with Crippen LogP contribution in [-0.4, -0.2) is 57.1 Å². The average molecular weight is 603 g/mol. The summed E-state index contributed by atoms with van der Waals surface area (Å²) in [5, 5.41) is 20.7. The molecule has 0 saturated heterocycles. The molecule has 1 aromatic rings. The summed E-state index contributed by atoms with van der Waals surface area (Å²) < 4.78 is 18.6. The third-order valence-corrected chi connectivity index (χ3v) is 6.56. The summed E-state index contributed by atoms with van der Waals surface area (Å²) in [5.41, 5.74) is 31.7. The van der Waals surface area contributed by atoms with E-state index in [9.17, 15) is 9.90 Å². The van der Waals surface area contributed by atoms with Crippen molar-refractivity contribution in [3.63, 3.8) is 0 Å². The maximum atomic E-state index is 12.3. The van der Waals surface area contributed by atoms with Crippen LogP contribution in [0.1, 0.15) is 99.4 Å². The number of nitrogens with two attached hydrogens (primary N) is 1. The monoisotopic (exact) mass is 602 g/mol. The summed E-state index contributed by atoms with van der Waals surface area (Å²) >= 11 is 0. The molecule has 0 saturated carbocycles. The minimum absolute atomic E-state index is 0.104. The molecule has 1 aromatic carbocycles. The molecule has 0 atom stereocenters. The summed E-state index contributed by atoms with van der Waals surface area (Å²) in [5.74, 6) is 0.0352. The predicted molar refractivity (Wildman–Crippen MR) is 165 cm³/mol. The first kappa shape index (κ1) is 37.0. The maximum Gasteiger partial charge on any atom is 0.336 e. The number of rotatable bonds is 28. The van der Waals surface area contributed by atoms with E-state index in [4.69, 9.17) is 36.5 Å². The molecule has 238 valence electrons. The molecule has 0 aromatic heterocycles. The second-order valence-corrected chi connectivity index (χ2v) is 9.91. The van der Waals surface area contributed by atoms with Crippen LogP contribution in [0.4, 0.5) is 0 Å². The Balaban J connectivity index is 3.11. The second kappa shape index (κ2) is 25.7. The van der Waals surface area contributed by atoms with Gasteiger partial charge in [-0.25, -0.2) is 4.79 Å². The van der Waals surface area contributed by atoms with Gasteiger partial charge in [0.2, 0.25) is 5.75 Å². The van der Waals surface area contributed by atoms with Crippen molar-refractivity contribution >= 4 is 5.97 Å². The average Bonchev–Trinajstić information content (AvgIpc) is 3.00. The van der Waals surface area contributed by atoms with E-state index in [1.165, 1.54) is 6.07 Å². The number of unbranched alkanes of at least 4 members (excludes halogenated alkanes) is 9. The van der Waals surface area contributed by atoms with E-state index in [1.807, 2.05) is 0 Å². The summed E-state index contributed by atoms with van der Waals surface area (Å²) in [7, 11) is 0. The standard InChI is InChI=1S/C28H46N10O5/c29-15-13-14-23-24(28(39)40)22-25(41-19-10-4-1-7-16-33-36-30)27(43-21-12-6-3-9-18-35-38-32)26(23)42-20-11-5-2-8-17-34-37-31/h22H,1-21,29H2,(H,39,40). The highest BCUT2D eigenvalue weighted by molar-refractivity contribution is 5.92. The Morgan fingerprint density at radius 1 is 0.674 bits per heavy atom. The molecule has 0 aliphatic rings. The fraction of sp³-hybridized carbons (Fsp3) is 0.750. The quantitative estimate of drug-likeness (QED) is 0.0416. The van der Waals surface area contributed by atoms with Gasteiger partial charge < -0.3 is 25.1 Å². The molecular formula is C28H46N10O5. The number of hydrogen-bond acceptors (Lipinski definition) is 8. The molecular weight excluding hydrogens is 556 g/mol. The first-order valence-electron chi connectivity index (χ1n) is 15.1. The zero-order valence-electron chi connectivity index (χ0n) is 25.1. The highest BCUT2D eigenvalue weighted by Gasteiger charge is 2.25. The van der Waals surface area contributed by atoms with Crippen LogP contribution in [0.5, 0.6) is 17.2 Å². The highest BCUT2D eigenvalue weighted by Crippen LogP contribution is 2.43. The van der Waals surface area contributed by atoms with Crippen molar-refractivity contribution in [3.8, 4) is 17.2 Å². The van der Waals surface area contributed by atoms with Gasteiger partial charge in [0.15, 0.2) is 11.5 Å². The van der Waals surface area contributed by atoms with Gasteiger partial charge in [-0.15, -0.1) is 0 Å². The minimum Gasteiger partial charge on any atom is -0.490 e. The van der Waals surface area contributed by atoms with Crippen LogP contribution in [0.15, 0.2) is 21.4 Å². The molecule has 0 aliphatic heterocycles. The Morgan fingerprint density at radius 2 is 1.12 bits per heavy atom. The molecule has 0 heterocycles. The molecule has 3 N–H and O–H groups in total. The van der Waals surface area contributed by atoms with Crippen LogP contribution in [0.25, 0.3) is 31.3 Å². The summed E-state index contributed by atoms with van der Waals surface area (Å²) in [6, 6.07) is 1.52. The number of carboxylic acids is 1. The fourth-order valence-corrected chi connectivity index (χ4v) is 4.35. The SMILES string of the molecule is [N-]=[N+]=NCCCCCCOc1cc(C(=O)O)c(CCCN)c(OCCCCCCN=[N+]=[N-])c1OCCCCCCN=[N+]=[N-]. The predicted octanol–water partition coefficient (Wildman–Crippen LogP) is 8.02. The third-order valence-electron chi connectivity index (χ3n) is 6.56. The van der Waals surface area contributed by atoms with Crippen molar-refractivity contribution in [2.24, 2.45) is 21.1 Å². The van der Waals surface area contributed by atoms with E-state index in [1.54, 1.807) is 0 Å². The number of carboxylic acid groups (broad SMARTS) is 1. The van der Waals surface area contributed by atoms with E-state index in [0.717, 1.165) is 77.0 Å². The number of hydrogen-bond donors (Lipinski definition) is 2. The van der Waals surface area contributed by atoms with Crippen LogP contribution in [0, 0.1) is 0 Å². The van der Waals surface area contributed by atoms with Gasteiger partial charge in [0, 0.05) is 39.9 Å². The molecule has 0 spiro atoms. The summed E-state index contributed by atoms with van der Waals surface area (Å²) in [4.78, 5) is 20.6. The molecule has 0 amide bonds. The topological polar surface area (TPSA) is 237 Å². The zero-order valence-corrected chi connectivity index (χ0v) is 25.1. The van der Waals surface area contributed by atoms with Crippen molar-refractivity contribution in [1.82, 2.24) is 0 Å². The van der Waals surface area contributed by atoms with Crippen molar-refractivity contribution in [2.75, 3.05) is 46.0 Å². The molecule has 0 fully saturated rings. The lowest BCUT2D eigenvalue weighted by atomic mass is 10.00. The fourth-order valence-electron chi connectivity index (χ4n) is 4.35. The molecule has 0 radical (unpaired) electrons. The van der Waals surface area contributed by atoms with Crippen LogP contribution in [0.3, 0.4) is 0 Å². The molecule has 43 heavy (non-hydrogen) atoms. The van der Waals surface area contributed by atoms with E-state index in [2.05, 4.69) is 30.1 Å². The Kier molecular flexibility index (Phi) is 22.1. The van der Waals surface area contributed by atoms with Crippen LogP contribution in [0.2, 0.25) is 0 Å². The Labute approximate surface area is 252 Å². The smallest absolute Gasteiger partial charge is 0.336 e.